The minimum absolute atomic E-state index is 0.00258. The van der Waals surface area contributed by atoms with Gasteiger partial charge in [0.1, 0.15) is 22.8 Å². The van der Waals surface area contributed by atoms with Crippen LogP contribution in [-0.4, -0.2) is 34.8 Å². The zero-order chi connectivity index (χ0) is 20.9. The molecule has 5 unspecified atom stereocenters. The molecule has 6 nitrogen and oxygen atoms in total. The Kier molecular flexibility index (Phi) is 2.80. The van der Waals surface area contributed by atoms with E-state index in [1.165, 1.54) is 0 Å². The lowest BCUT2D eigenvalue weighted by molar-refractivity contribution is -0.174. The normalized spacial score (nSPS) is 61.9. The molecule has 2 bridgehead atoms. The average molecular weight is 409 g/mol. The molecule has 2 heterocycles. The molecule has 0 N–H and O–H groups in total. The van der Waals surface area contributed by atoms with Gasteiger partial charge in [-0.3, -0.25) is 14.4 Å². The molecular formula is C24H27NO5. The number of Topliss-reactive ketones (excluding diaryl/α,β-unsaturated/α-hetero) is 2. The van der Waals surface area contributed by atoms with Crippen LogP contribution in [-0.2, 0) is 23.9 Å². The van der Waals surface area contributed by atoms with Crippen molar-refractivity contribution in [3.05, 3.63) is 0 Å². The molecule has 0 aromatic rings. The smallest absolute Gasteiger partial charge is 0.306 e. The first-order chi connectivity index (χ1) is 14.2. The Morgan fingerprint density at radius 2 is 1.87 bits per heavy atom. The van der Waals surface area contributed by atoms with E-state index in [2.05, 4.69) is 19.9 Å². The van der Waals surface area contributed by atoms with Gasteiger partial charge in [-0.15, -0.1) is 0 Å². The van der Waals surface area contributed by atoms with Crippen LogP contribution in [0.2, 0.25) is 0 Å². The van der Waals surface area contributed by atoms with E-state index in [1.54, 1.807) is 0 Å². The molecule has 0 aromatic carbocycles. The average Bonchev–Trinajstić information content (AvgIpc) is 3.01. The van der Waals surface area contributed by atoms with Crippen molar-refractivity contribution in [2.75, 3.05) is 0 Å². The highest BCUT2D eigenvalue weighted by Crippen LogP contribution is 2.83. The minimum atomic E-state index is -0.917. The van der Waals surface area contributed by atoms with Crippen LogP contribution in [0.4, 0.5) is 0 Å². The summed E-state index contributed by atoms with van der Waals surface area (Å²) in [5.74, 6) is -0.966. The van der Waals surface area contributed by atoms with E-state index in [0.29, 0.717) is 25.7 Å². The van der Waals surface area contributed by atoms with Gasteiger partial charge in [-0.2, -0.15) is 5.26 Å². The number of carbonyl (C=O) groups is 3. The van der Waals surface area contributed by atoms with Crippen molar-refractivity contribution < 1.29 is 23.9 Å². The maximum absolute atomic E-state index is 13.7. The highest BCUT2D eigenvalue weighted by atomic mass is 16.6. The van der Waals surface area contributed by atoms with Gasteiger partial charge in [-0.25, -0.2) is 0 Å². The highest BCUT2D eigenvalue weighted by molar-refractivity contribution is 6.08. The van der Waals surface area contributed by atoms with Crippen LogP contribution in [0.5, 0.6) is 0 Å². The van der Waals surface area contributed by atoms with Crippen molar-refractivity contribution in [1.29, 1.82) is 5.26 Å². The Hall–Kier alpha value is -1.74. The molecule has 158 valence electrons. The monoisotopic (exact) mass is 409 g/mol. The van der Waals surface area contributed by atoms with Crippen LogP contribution in [0.15, 0.2) is 0 Å². The second kappa shape index (κ2) is 4.70. The molecule has 2 spiro atoms. The quantitative estimate of drug-likeness (QED) is 0.347. The number of hydrogen-bond donors (Lipinski definition) is 0. The predicted octanol–water partition coefficient (Wildman–Crippen LogP) is 2.73. The number of rotatable bonds is 0. The molecular weight excluding hydrogens is 382 g/mol. The van der Waals surface area contributed by atoms with Crippen LogP contribution in [0, 0.1) is 51.2 Å². The minimum Gasteiger partial charge on any atom is -0.458 e. The number of hydrogen-bond acceptors (Lipinski definition) is 6. The van der Waals surface area contributed by atoms with Crippen LogP contribution in [0.25, 0.3) is 0 Å². The van der Waals surface area contributed by atoms with Crippen molar-refractivity contribution in [1.82, 2.24) is 0 Å². The van der Waals surface area contributed by atoms with E-state index >= 15 is 0 Å². The maximum atomic E-state index is 13.7. The van der Waals surface area contributed by atoms with Gasteiger partial charge >= 0.3 is 5.97 Å². The van der Waals surface area contributed by atoms with E-state index in [-0.39, 0.29) is 46.8 Å². The number of nitrogens with zero attached hydrogens (tertiary/aromatic N) is 1. The second-order valence-corrected chi connectivity index (χ2v) is 11.7. The van der Waals surface area contributed by atoms with Crippen molar-refractivity contribution in [3.63, 3.8) is 0 Å². The summed E-state index contributed by atoms with van der Waals surface area (Å²) in [4.78, 5) is 38.7. The van der Waals surface area contributed by atoms with Gasteiger partial charge in [-0.1, -0.05) is 13.8 Å². The molecule has 0 aromatic heterocycles. The summed E-state index contributed by atoms with van der Waals surface area (Å²) >= 11 is 0. The van der Waals surface area contributed by atoms with Gasteiger partial charge in [-0.05, 0) is 44.4 Å². The number of fused-ring (bicyclic) bond motifs is 5. The van der Waals surface area contributed by atoms with Crippen LogP contribution in [0.3, 0.4) is 0 Å². The molecule has 7 fully saturated rings. The molecule has 5 saturated carbocycles. The number of nitriles is 1. The van der Waals surface area contributed by atoms with Gasteiger partial charge < -0.3 is 9.47 Å². The van der Waals surface area contributed by atoms with Crippen molar-refractivity contribution in [3.8, 4) is 6.07 Å². The molecule has 2 saturated heterocycles. The highest BCUT2D eigenvalue weighted by Gasteiger charge is 2.90. The third-order valence-electron chi connectivity index (χ3n) is 11.4. The maximum Gasteiger partial charge on any atom is 0.306 e. The number of ketones is 2. The summed E-state index contributed by atoms with van der Waals surface area (Å²) in [6.45, 7) is 4.39. The first-order valence-electron chi connectivity index (χ1n) is 11.6. The Morgan fingerprint density at radius 3 is 2.57 bits per heavy atom. The van der Waals surface area contributed by atoms with E-state index in [0.717, 1.165) is 25.7 Å². The fourth-order valence-electron chi connectivity index (χ4n) is 10.1. The number of ether oxygens (including phenoxy) is 2. The molecule has 10 atom stereocenters. The molecule has 30 heavy (non-hydrogen) atoms. The van der Waals surface area contributed by atoms with Gasteiger partial charge in [0.05, 0.1) is 23.5 Å². The lowest BCUT2D eigenvalue weighted by atomic mass is 9.39. The topological polar surface area (TPSA) is 96.8 Å². The van der Waals surface area contributed by atoms with Gasteiger partial charge in [0.2, 0.25) is 0 Å². The van der Waals surface area contributed by atoms with E-state index in [9.17, 15) is 19.6 Å². The van der Waals surface area contributed by atoms with Crippen LogP contribution < -0.4 is 0 Å². The largest absolute Gasteiger partial charge is 0.458 e. The van der Waals surface area contributed by atoms with Gasteiger partial charge in [0.15, 0.2) is 0 Å². The lowest BCUT2D eigenvalue weighted by Gasteiger charge is -2.60. The van der Waals surface area contributed by atoms with E-state index < -0.39 is 27.9 Å². The molecule has 5 aliphatic carbocycles. The molecule has 2 aliphatic heterocycles. The zero-order valence-electron chi connectivity index (χ0n) is 17.5. The Labute approximate surface area is 175 Å². The van der Waals surface area contributed by atoms with E-state index in [4.69, 9.17) is 9.47 Å². The first-order valence-corrected chi connectivity index (χ1v) is 11.6. The second-order valence-electron chi connectivity index (χ2n) is 11.7. The Morgan fingerprint density at radius 1 is 1.07 bits per heavy atom. The summed E-state index contributed by atoms with van der Waals surface area (Å²) in [5, 5.41) is 10.4. The summed E-state index contributed by atoms with van der Waals surface area (Å²) in [6.07, 6.45) is 5.30. The molecule has 7 aliphatic rings. The number of esters is 1. The van der Waals surface area contributed by atoms with Crippen LogP contribution >= 0.6 is 0 Å². The third kappa shape index (κ3) is 1.43. The molecule has 0 radical (unpaired) electrons. The SMILES string of the molecule is CC12C[C@@H]3OC34C(C1CC[C@@]21CCC(=O)O1)[C@@H]1C[C@]2(C#N)[C@@H](C(=O)CCC42C)C1=O. The molecule has 0 amide bonds. The fraction of sp³-hybridized carbons (Fsp3) is 0.833. The lowest BCUT2D eigenvalue weighted by Crippen LogP contribution is -2.66. The number of carbonyl (C=O) groups excluding carboxylic acids is 3. The Bertz CT molecular complexity index is 1000. The zero-order valence-corrected chi connectivity index (χ0v) is 17.5. The van der Waals surface area contributed by atoms with Crippen molar-refractivity contribution in [2.24, 2.45) is 39.9 Å². The molecule has 6 heteroatoms. The van der Waals surface area contributed by atoms with Crippen molar-refractivity contribution >= 4 is 17.5 Å². The van der Waals surface area contributed by atoms with Gasteiger partial charge in [0, 0.05) is 35.5 Å². The summed E-state index contributed by atoms with van der Waals surface area (Å²) < 4.78 is 12.6. The standard InChI is InChI=1S/C24H27NO5/c1-20-10-15-24(29-15)17(13(20)3-7-23(20)8-5-16(27)30-23)12-9-22(11-25)18(19(12)28)14(26)4-6-21(22,24)2/h12-13,15,17-18H,3-10H2,1-2H3/t12-,13?,15-,17?,18-,20?,21?,22-,23+,24?/m0/s1. The summed E-state index contributed by atoms with van der Waals surface area (Å²) in [5.41, 5.74) is -2.52. The van der Waals surface area contributed by atoms with Gasteiger partial charge in [0.25, 0.3) is 0 Å². The van der Waals surface area contributed by atoms with E-state index in [1.807, 2.05) is 0 Å². The van der Waals surface area contributed by atoms with Crippen LogP contribution in [0.1, 0.15) is 65.2 Å². The Balaban J connectivity index is 1.42. The predicted molar refractivity (Wildman–Crippen MR) is 102 cm³/mol. The molecule has 7 rings (SSSR count). The fourth-order valence-corrected chi connectivity index (χ4v) is 10.1. The summed E-state index contributed by atoms with van der Waals surface area (Å²) in [7, 11) is 0. The first kappa shape index (κ1) is 17.9. The third-order valence-corrected chi connectivity index (χ3v) is 11.4. The summed E-state index contributed by atoms with van der Waals surface area (Å²) in [6, 6.07) is 2.53. The number of epoxide rings is 1. The van der Waals surface area contributed by atoms with Crippen molar-refractivity contribution in [2.45, 2.75) is 82.5 Å².